The molecule has 2 N–H and O–H groups in total. The maximum absolute atomic E-state index is 5.43. The molecular formula is C18H18BrN9O. The summed E-state index contributed by atoms with van der Waals surface area (Å²) in [6.45, 7) is 3.26. The summed E-state index contributed by atoms with van der Waals surface area (Å²) in [4.78, 5) is 16.0. The molecule has 0 unspecified atom stereocenters. The first kappa shape index (κ1) is 18.0. The van der Waals surface area contributed by atoms with Crippen molar-refractivity contribution in [1.82, 2.24) is 34.8 Å². The summed E-state index contributed by atoms with van der Waals surface area (Å²) in [5.41, 5.74) is 1.66. The number of morpholine rings is 1. The van der Waals surface area contributed by atoms with Gasteiger partial charge in [0.1, 0.15) is 5.82 Å². The highest BCUT2D eigenvalue weighted by Crippen LogP contribution is 2.22. The zero-order chi connectivity index (χ0) is 19.6. The van der Waals surface area contributed by atoms with E-state index in [-0.39, 0.29) is 0 Å². The van der Waals surface area contributed by atoms with Crippen molar-refractivity contribution in [3.05, 3.63) is 46.8 Å². The summed E-state index contributed by atoms with van der Waals surface area (Å²) < 4.78 is 7.91. The van der Waals surface area contributed by atoms with Crippen LogP contribution in [0.25, 0.3) is 17.0 Å². The van der Waals surface area contributed by atoms with Crippen molar-refractivity contribution in [2.24, 2.45) is 0 Å². The average molecular weight is 456 g/mol. The molecule has 0 aliphatic carbocycles. The van der Waals surface area contributed by atoms with E-state index in [1.807, 2.05) is 30.3 Å². The van der Waals surface area contributed by atoms with Crippen molar-refractivity contribution < 1.29 is 4.74 Å². The number of nitrogens with one attached hydrogen (secondary N) is 2. The summed E-state index contributed by atoms with van der Waals surface area (Å²) >= 11 is 3.51. The summed E-state index contributed by atoms with van der Waals surface area (Å²) in [7, 11) is 0. The first-order valence-corrected chi connectivity index (χ1v) is 10.0. The van der Waals surface area contributed by atoms with Crippen molar-refractivity contribution in [3.8, 4) is 11.4 Å². The molecule has 0 radical (unpaired) electrons. The highest BCUT2D eigenvalue weighted by Gasteiger charge is 2.18. The Hall–Kier alpha value is -3.05. The second-order valence-corrected chi connectivity index (χ2v) is 7.35. The van der Waals surface area contributed by atoms with Crippen LogP contribution in [0.1, 0.15) is 5.82 Å². The molecule has 4 heterocycles. The van der Waals surface area contributed by atoms with Crippen molar-refractivity contribution in [1.29, 1.82) is 0 Å². The van der Waals surface area contributed by atoms with Crippen LogP contribution in [-0.4, -0.2) is 61.1 Å². The lowest BCUT2D eigenvalue weighted by Crippen LogP contribution is -2.37. The number of rotatable bonds is 5. The van der Waals surface area contributed by atoms with Crippen LogP contribution >= 0.6 is 15.9 Å². The van der Waals surface area contributed by atoms with E-state index in [2.05, 4.69) is 56.4 Å². The average Bonchev–Trinajstić information content (AvgIpc) is 3.40. The topological polar surface area (TPSA) is 109 Å². The molecule has 1 aliphatic heterocycles. The molecule has 10 nitrogen and oxygen atoms in total. The van der Waals surface area contributed by atoms with Gasteiger partial charge >= 0.3 is 0 Å². The van der Waals surface area contributed by atoms with Gasteiger partial charge in [-0.3, -0.25) is 5.10 Å². The zero-order valence-electron chi connectivity index (χ0n) is 15.4. The number of hydrogen-bond donors (Lipinski definition) is 2. The molecule has 0 saturated carbocycles. The van der Waals surface area contributed by atoms with Gasteiger partial charge in [0.15, 0.2) is 11.5 Å². The fourth-order valence-electron chi connectivity index (χ4n) is 3.11. The third-order valence-corrected chi connectivity index (χ3v) is 5.14. The van der Waals surface area contributed by atoms with Gasteiger partial charge < -0.3 is 15.0 Å². The number of halogens is 1. The van der Waals surface area contributed by atoms with Crippen LogP contribution in [0.5, 0.6) is 0 Å². The molecular weight excluding hydrogens is 438 g/mol. The highest BCUT2D eigenvalue weighted by atomic mass is 79.9. The Kier molecular flexibility index (Phi) is 4.82. The molecule has 11 heteroatoms. The molecule has 0 amide bonds. The van der Waals surface area contributed by atoms with Crippen LogP contribution in [0, 0.1) is 0 Å². The molecule has 3 aromatic heterocycles. The number of anilines is 2. The Morgan fingerprint density at radius 1 is 1.10 bits per heavy atom. The van der Waals surface area contributed by atoms with Gasteiger partial charge in [-0.2, -0.15) is 24.7 Å². The van der Waals surface area contributed by atoms with E-state index < -0.39 is 0 Å². The Bertz CT molecular complexity index is 1120. The fourth-order valence-corrected chi connectivity index (χ4v) is 3.46. The lowest BCUT2D eigenvalue weighted by atomic mass is 10.2. The number of nitrogens with zero attached hydrogens (tertiary/aromatic N) is 7. The van der Waals surface area contributed by atoms with Crippen LogP contribution in [0.2, 0.25) is 0 Å². The molecule has 1 aliphatic rings. The number of fused-ring (bicyclic) bond motifs is 1. The normalized spacial score (nSPS) is 14.4. The molecule has 0 atom stereocenters. The number of benzene rings is 1. The van der Waals surface area contributed by atoms with Crippen LogP contribution in [-0.2, 0) is 11.3 Å². The molecule has 0 spiro atoms. The van der Waals surface area contributed by atoms with E-state index in [9.17, 15) is 0 Å². The van der Waals surface area contributed by atoms with Gasteiger partial charge in [-0.15, -0.1) is 0 Å². The number of aromatic nitrogens is 7. The Balaban J connectivity index is 1.40. The third kappa shape index (κ3) is 3.66. The molecule has 1 aromatic carbocycles. The largest absolute Gasteiger partial charge is 0.378 e. The first-order chi connectivity index (χ1) is 14.3. The van der Waals surface area contributed by atoms with Gasteiger partial charge in [0.2, 0.25) is 11.9 Å². The minimum absolute atomic E-state index is 0.423. The Morgan fingerprint density at radius 2 is 1.93 bits per heavy atom. The minimum atomic E-state index is 0.423. The highest BCUT2D eigenvalue weighted by molar-refractivity contribution is 9.10. The SMILES string of the molecule is Brc1cnn2c(NCc3nc(-c4ccccc4)n[nH]3)nc(N3CCOCC3)nc12. The summed E-state index contributed by atoms with van der Waals surface area (Å²) in [6, 6.07) is 9.84. The molecule has 29 heavy (non-hydrogen) atoms. The maximum atomic E-state index is 5.43. The lowest BCUT2D eigenvalue weighted by molar-refractivity contribution is 0.122. The van der Waals surface area contributed by atoms with Crippen LogP contribution < -0.4 is 10.2 Å². The standard InChI is InChI=1S/C18H18BrN9O/c19-13-10-21-28-16(13)23-18(27-6-8-29-9-7-27)24-17(28)20-11-14-22-15(26-25-14)12-4-2-1-3-5-12/h1-5,10H,6-9,11H2,(H,20,23,24)(H,22,25,26). The monoisotopic (exact) mass is 455 g/mol. The predicted octanol–water partition coefficient (Wildman–Crippen LogP) is 2.12. The van der Waals surface area contributed by atoms with Crippen LogP contribution in [0.3, 0.4) is 0 Å². The van der Waals surface area contributed by atoms with E-state index in [0.717, 1.165) is 23.1 Å². The van der Waals surface area contributed by atoms with Crippen molar-refractivity contribution in [2.45, 2.75) is 6.54 Å². The lowest BCUT2D eigenvalue weighted by Gasteiger charge is -2.27. The number of aromatic amines is 1. The molecule has 5 rings (SSSR count). The van der Waals surface area contributed by atoms with E-state index in [1.54, 1.807) is 10.7 Å². The summed E-state index contributed by atoms with van der Waals surface area (Å²) in [5.74, 6) is 2.59. The smallest absolute Gasteiger partial charge is 0.230 e. The summed E-state index contributed by atoms with van der Waals surface area (Å²) in [6.07, 6.45) is 1.71. The zero-order valence-corrected chi connectivity index (χ0v) is 17.0. The minimum Gasteiger partial charge on any atom is -0.378 e. The number of H-pyrrole nitrogens is 1. The predicted molar refractivity (Wildman–Crippen MR) is 111 cm³/mol. The number of hydrogen-bond acceptors (Lipinski definition) is 8. The van der Waals surface area contributed by atoms with E-state index in [1.165, 1.54) is 0 Å². The second-order valence-electron chi connectivity index (χ2n) is 6.50. The number of ether oxygens (including phenoxy) is 1. The van der Waals surface area contributed by atoms with Crippen LogP contribution in [0.4, 0.5) is 11.9 Å². The van der Waals surface area contributed by atoms with Gasteiger partial charge in [0.25, 0.3) is 0 Å². The van der Waals surface area contributed by atoms with Gasteiger partial charge in [0, 0.05) is 18.7 Å². The van der Waals surface area contributed by atoms with Gasteiger partial charge in [-0.05, 0) is 15.9 Å². The molecule has 1 fully saturated rings. The molecule has 4 aromatic rings. The van der Waals surface area contributed by atoms with Crippen molar-refractivity contribution in [3.63, 3.8) is 0 Å². The van der Waals surface area contributed by atoms with E-state index in [4.69, 9.17) is 4.74 Å². The van der Waals surface area contributed by atoms with Gasteiger partial charge in [-0.25, -0.2) is 4.98 Å². The van der Waals surface area contributed by atoms with E-state index >= 15 is 0 Å². The fraction of sp³-hybridized carbons (Fsp3) is 0.278. The van der Waals surface area contributed by atoms with Gasteiger partial charge in [0.05, 0.1) is 30.4 Å². The van der Waals surface area contributed by atoms with Crippen molar-refractivity contribution >= 4 is 33.5 Å². The third-order valence-electron chi connectivity index (χ3n) is 4.58. The van der Waals surface area contributed by atoms with E-state index in [0.29, 0.717) is 49.0 Å². The summed E-state index contributed by atoms with van der Waals surface area (Å²) in [5, 5.41) is 14.9. The van der Waals surface area contributed by atoms with Gasteiger partial charge in [-0.1, -0.05) is 30.3 Å². The second kappa shape index (κ2) is 7.76. The Morgan fingerprint density at radius 3 is 2.76 bits per heavy atom. The van der Waals surface area contributed by atoms with Crippen molar-refractivity contribution in [2.75, 3.05) is 36.5 Å². The molecule has 148 valence electrons. The molecule has 1 saturated heterocycles. The maximum Gasteiger partial charge on any atom is 0.230 e. The first-order valence-electron chi connectivity index (χ1n) is 9.22. The quantitative estimate of drug-likeness (QED) is 0.470. The van der Waals surface area contributed by atoms with Crippen LogP contribution in [0.15, 0.2) is 41.0 Å². The Labute approximate surface area is 174 Å². The molecule has 0 bridgehead atoms.